The van der Waals surface area contributed by atoms with Gasteiger partial charge in [-0.05, 0) is 36.4 Å². The molecule has 0 aliphatic rings. The fraction of sp³-hybridized carbons (Fsp3) is 0.133. The predicted octanol–water partition coefficient (Wildman–Crippen LogP) is 4.76. The van der Waals surface area contributed by atoms with Crippen LogP contribution in [0.1, 0.15) is 21.5 Å². The van der Waals surface area contributed by atoms with Gasteiger partial charge in [0, 0.05) is 38.0 Å². The fourth-order valence-corrected chi connectivity index (χ4v) is 4.00. The van der Waals surface area contributed by atoms with Crippen molar-refractivity contribution in [3.8, 4) is 11.3 Å². The Morgan fingerprint density at radius 2 is 1.36 bits per heavy atom. The average Bonchev–Trinajstić information content (AvgIpc) is 2.98. The van der Waals surface area contributed by atoms with Gasteiger partial charge < -0.3 is 22.1 Å². The third-order valence-corrected chi connectivity index (χ3v) is 6.03. The molecule has 0 amide bonds. The van der Waals surface area contributed by atoms with E-state index in [0.29, 0.717) is 6.07 Å². The van der Waals surface area contributed by atoms with E-state index in [9.17, 15) is 49.5 Å². The molecule has 2 aromatic carbocycles. The Morgan fingerprint density at radius 3 is 1.92 bits per heavy atom. The highest BCUT2D eigenvalue weighted by Crippen LogP contribution is 2.38. The summed E-state index contributed by atoms with van der Waals surface area (Å²) in [5.74, 6) is -3.34. The molecule has 50 heavy (non-hydrogen) atoms. The standard InChI is InChI=1S/C14H8F4N4O.C12H11F4NO.C4H6N4O/c15-8-3-1-2-7(14(16,17)18)10(8)9-5-4-6-11(20-9)21-13(19)22-12(6)23;1-17(2)7-6-10(18)11-8(12(14,15)16)4-3-5-9(11)13;5-2-1-3(9)8-4(6)7-2/h1-5H,(H3,19,20,21,22,23);3-7H,1-2H3;1H,(H5,5,6,7,8,9)/b;7-6+;. The molecule has 0 unspecified atom stereocenters. The number of pyridine rings is 1. The van der Waals surface area contributed by atoms with Crippen molar-refractivity contribution in [1.29, 1.82) is 0 Å². The number of aromatic nitrogens is 5. The molecule has 264 valence electrons. The summed E-state index contributed by atoms with van der Waals surface area (Å²) in [6.07, 6.45) is -7.36. The molecule has 0 saturated heterocycles. The lowest BCUT2D eigenvalue weighted by Crippen LogP contribution is -2.14. The van der Waals surface area contributed by atoms with E-state index in [4.69, 9.17) is 17.2 Å². The van der Waals surface area contributed by atoms with Gasteiger partial charge in [0.15, 0.2) is 11.4 Å². The zero-order valence-corrected chi connectivity index (χ0v) is 25.6. The number of fused-ring (bicyclic) bond motifs is 1. The van der Waals surface area contributed by atoms with Crippen LogP contribution in [-0.4, -0.2) is 49.7 Å². The number of ketones is 1. The number of benzene rings is 2. The van der Waals surface area contributed by atoms with Crippen molar-refractivity contribution in [2.45, 2.75) is 12.4 Å². The van der Waals surface area contributed by atoms with Gasteiger partial charge in [-0.1, -0.05) is 12.1 Å². The molecule has 0 atom stereocenters. The van der Waals surface area contributed by atoms with Crippen LogP contribution in [0.3, 0.4) is 0 Å². The van der Waals surface area contributed by atoms with E-state index in [1.165, 1.54) is 17.2 Å². The van der Waals surface area contributed by atoms with Crippen LogP contribution in [0.15, 0.2) is 76.5 Å². The molecule has 0 saturated carbocycles. The number of carbonyl (C=O) groups excluding carboxylic acids is 1. The normalized spacial score (nSPS) is 11.4. The minimum Gasteiger partial charge on any atom is -0.383 e. The molecule has 8 N–H and O–H groups in total. The molecule has 5 rings (SSSR count). The number of hydrogen-bond acceptors (Lipinski definition) is 10. The highest BCUT2D eigenvalue weighted by atomic mass is 19.4. The number of halogens is 8. The van der Waals surface area contributed by atoms with E-state index in [0.717, 1.165) is 48.5 Å². The number of aromatic amines is 2. The summed E-state index contributed by atoms with van der Waals surface area (Å²) < 4.78 is 104. The summed E-state index contributed by atoms with van der Waals surface area (Å²) in [6.45, 7) is 0. The van der Waals surface area contributed by atoms with Gasteiger partial charge in [-0.25, -0.2) is 13.8 Å². The van der Waals surface area contributed by atoms with Crippen LogP contribution in [0.25, 0.3) is 22.3 Å². The lowest BCUT2D eigenvalue weighted by Gasteiger charge is -2.13. The van der Waals surface area contributed by atoms with E-state index < -0.39 is 57.6 Å². The minimum atomic E-state index is -4.76. The van der Waals surface area contributed by atoms with Crippen LogP contribution in [0.4, 0.5) is 52.8 Å². The Kier molecular flexibility index (Phi) is 11.6. The highest BCUT2D eigenvalue weighted by Gasteiger charge is 2.36. The molecular formula is C30H25F8N9O3. The Balaban J connectivity index is 0.000000222. The van der Waals surface area contributed by atoms with E-state index in [1.807, 2.05) is 0 Å². The number of alkyl halides is 6. The number of nitrogen functional groups attached to an aromatic ring is 3. The molecule has 5 aromatic rings. The largest absolute Gasteiger partial charge is 0.417 e. The Bertz CT molecular complexity index is 2140. The van der Waals surface area contributed by atoms with Crippen LogP contribution in [0.2, 0.25) is 0 Å². The van der Waals surface area contributed by atoms with Crippen molar-refractivity contribution in [3.05, 3.63) is 116 Å². The van der Waals surface area contributed by atoms with Crippen LogP contribution in [0, 0.1) is 11.6 Å². The number of allylic oxidation sites excluding steroid dienone is 1. The molecule has 0 radical (unpaired) electrons. The number of H-pyrrole nitrogens is 2. The SMILES string of the molecule is CN(C)/C=C/C(=O)c1c(F)cccc1C(F)(F)F.Nc1cc(=O)[nH]c(N)n1.Nc1nc2nc(-c3c(F)cccc3C(F)(F)F)ccc2c(=O)[nH]1. The summed E-state index contributed by atoms with van der Waals surface area (Å²) >= 11 is 0. The topological polar surface area (TPSA) is 203 Å². The van der Waals surface area contributed by atoms with Crippen molar-refractivity contribution >= 4 is 34.5 Å². The van der Waals surface area contributed by atoms with E-state index in [2.05, 4.69) is 24.9 Å². The van der Waals surface area contributed by atoms with E-state index in [1.54, 1.807) is 14.1 Å². The number of nitrogens with one attached hydrogen (secondary N) is 2. The van der Waals surface area contributed by atoms with Gasteiger partial charge in [0.1, 0.15) is 17.5 Å². The Morgan fingerprint density at radius 1 is 0.780 bits per heavy atom. The Hall–Kier alpha value is -6.34. The molecular weight excluding hydrogens is 686 g/mol. The smallest absolute Gasteiger partial charge is 0.383 e. The first-order chi connectivity index (χ1) is 23.2. The lowest BCUT2D eigenvalue weighted by molar-refractivity contribution is -0.138. The zero-order chi connectivity index (χ0) is 37.6. The summed E-state index contributed by atoms with van der Waals surface area (Å²) in [5, 5.41) is 0.0350. The molecule has 0 bridgehead atoms. The first kappa shape index (κ1) is 38.1. The van der Waals surface area contributed by atoms with Gasteiger partial charge in [0.2, 0.25) is 11.9 Å². The van der Waals surface area contributed by atoms with Crippen molar-refractivity contribution in [1.82, 2.24) is 29.8 Å². The summed E-state index contributed by atoms with van der Waals surface area (Å²) in [6, 6.07) is 8.55. The second kappa shape index (κ2) is 15.3. The molecule has 0 aliphatic heterocycles. The molecule has 20 heteroatoms. The third-order valence-electron chi connectivity index (χ3n) is 6.03. The van der Waals surface area contributed by atoms with Gasteiger partial charge in [-0.2, -0.15) is 36.3 Å². The number of anilines is 3. The minimum absolute atomic E-state index is 0.0350. The lowest BCUT2D eigenvalue weighted by atomic mass is 10.0. The van der Waals surface area contributed by atoms with Gasteiger partial charge >= 0.3 is 12.4 Å². The number of rotatable bonds is 4. The average molecular weight is 712 g/mol. The highest BCUT2D eigenvalue weighted by molar-refractivity contribution is 6.05. The first-order valence-electron chi connectivity index (χ1n) is 13.6. The second-order valence-electron chi connectivity index (χ2n) is 10.0. The molecule has 0 spiro atoms. The van der Waals surface area contributed by atoms with Crippen molar-refractivity contribution in [2.75, 3.05) is 31.3 Å². The van der Waals surface area contributed by atoms with Crippen molar-refractivity contribution in [2.24, 2.45) is 0 Å². The van der Waals surface area contributed by atoms with Crippen LogP contribution < -0.4 is 28.3 Å². The third kappa shape index (κ3) is 9.84. The van der Waals surface area contributed by atoms with E-state index in [-0.39, 0.29) is 40.0 Å². The maximum Gasteiger partial charge on any atom is 0.417 e. The van der Waals surface area contributed by atoms with Crippen molar-refractivity contribution in [3.63, 3.8) is 0 Å². The number of hydrogen-bond donors (Lipinski definition) is 5. The monoisotopic (exact) mass is 711 g/mol. The van der Waals surface area contributed by atoms with Crippen molar-refractivity contribution < 1.29 is 39.9 Å². The quantitative estimate of drug-likeness (QED) is 0.0983. The molecule has 0 fully saturated rings. The first-order valence-corrected chi connectivity index (χ1v) is 13.6. The fourth-order valence-electron chi connectivity index (χ4n) is 4.00. The maximum absolute atomic E-state index is 14.0. The Labute approximate surface area is 275 Å². The zero-order valence-electron chi connectivity index (χ0n) is 25.6. The molecule has 3 aromatic heterocycles. The van der Waals surface area contributed by atoms with Gasteiger partial charge in [-0.15, -0.1) is 0 Å². The molecule has 0 aliphatic carbocycles. The number of nitrogens with zero attached hydrogens (tertiary/aromatic N) is 4. The maximum atomic E-state index is 14.0. The second-order valence-corrected chi connectivity index (χ2v) is 10.0. The summed E-state index contributed by atoms with van der Waals surface area (Å²) in [5.41, 5.74) is 10.2. The van der Waals surface area contributed by atoms with Crippen LogP contribution >= 0.6 is 0 Å². The van der Waals surface area contributed by atoms with E-state index >= 15 is 0 Å². The summed E-state index contributed by atoms with van der Waals surface area (Å²) in [4.78, 5) is 50.8. The van der Waals surface area contributed by atoms with Gasteiger partial charge in [0.25, 0.3) is 11.1 Å². The van der Waals surface area contributed by atoms with Crippen LogP contribution in [-0.2, 0) is 12.4 Å². The number of nitrogens with two attached hydrogens (primary N) is 3. The molecule has 3 heterocycles. The van der Waals surface area contributed by atoms with Gasteiger partial charge in [0.05, 0.1) is 27.8 Å². The van der Waals surface area contributed by atoms with Crippen LogP contribution in [0.5, 0.6) is 0 Å². The molecule has 12 nitrogen and oxygen atoms in total. The number of carbonyl (C=O) groups is 1. The predicted molar refractivity (Wildman–Crippen MR) is 167 cm³/mol. The van der Waals surface area contributed by atoms with Gasteiger partial charge in [-0.3, -0.25) is 24.4 Å². The summed E-state index contributed by atoms with van der Waals surface area (Å²) in [7, 11) is 3.19.